The number of hydrogen-bond donors (Lipinski definition) is 2. The summed E-state index contributed by atoms with van der Waals surface area (Å²) in [5.41, 5.74) is 6.06. The van der Waals surface area contributed by atoms with Gasteiger partial charge in [-0.2, -0.15) is 0 Å². The van der Waals surface area contributed by atoms with Gasteiger partial charge < -0.3 is 20.4 Å². The maximum Gasteiger partial charge on any atom is 0.293 e. The Kier molecular flexibility index (Phi) is 3.52. The van der Waals surface area contributed by atoms with E-state index in [2.05, 4.69) is 24.1 Å². The second kappa shape index (κ2) is 5.18. The Bertz CT molecular complexity index is 542. The van der Waals surface area contributed by atoms with Crippen molar-refractivity contribution < 1.29 is 4.74 Å². The lowest BCUT2D eigenvalue weighted by Gasteiger charge is -2.45. The van der Waals surface area contributed by atoms with Gasteiger partial charge in [-0.05, 0) is 12.3 Å². The number of ether oxygens (including phenoxy) is 1. The largest absolute Gasteiger partial charge is 0.376 e. The molecule has 4 atom stereocenters. The Balaban J connectivity index is 1.76. The number of rotatable bonds is 4. The molecule has 0 amide bonds. The number of aromatic nitrogens is 2. The molecule has 110 valence electrons. The summed E-state index contributed by atoms with van der Waals surface area (Å²) in [5.74, 6) is 1.22. The van der Waals surface area contributed by atoms with Gasteiger partial charge in [-0.3, -0.25) is 4.79 Å². The number of nitrogens with zero attached hydrogens (tertiary/aromatic N) is 2. The first-order valence-corrected chi connectivity index (χ1v) is 7.27. The first-order chi connectivity index (χ1) is 9.58. The molecule has 1 aliphatic heterocycles. The lowest BCUT2D eigenvalue weighted by atomic mass is 9.72. The molecule has 4 unspecified atom stereocenters. The second-order valence-electron chi connectivity index (χ2n) is 6.16. The van der Waals surface area contributed by atoms with Crippen LogP contribution in [0.15, 0.2) is 17.2 Å². The molecule has 1 saturated carbocycles. The van der Waals surface area contributed by atoms with Gasteiger partial charge in [-0.25, -0.2) is 4.98 Å². The maximum absolute atomic E-state index is 12.3. The SMILES string of the molecule is CC(C)Cn1ccnc(NC2C(N)C3CCOC32)c1=O. The van der Waals surface area contributed by atoms with E-state index in [1.165, 1.54) is 0 Å². The highest BCUT2D eigenvalue weighted by Gasteiger charge is 2.52. The summed E-state index contributed by atoms with van der Waals surface area (Å²) in [4.78, 5) is 16.5. The van der Waals surface area contributed by atoms with Crippen molar-refractivity contribution in [1.29, 1.82) is 0 Å². The Morgan fingerprint density at radius 1 is 1.60 bits per heavy atom. The fourth-order valence-electron chi connectivity index (χ4n) is 3.17. The summed E-state index contributed by atoms with van der Waals surface area (Å²) in [6.45, 7) is 5.62. The monoisotopic (exact) mass is 278 g/mol. The Morgan fingerprint density at radius 2 is 2.40 bits per heavy atom. The van der Waals surface area contributed by atoms with Gasteiger partial charge in [0.1, 0.15) is 0 Å². The van der Waals surface area contributed by atoms with Crippen molar-refractivity contribution in [1.82, 2.24) is 9.55 Å². The first kappa shape index (κ1) is 13.6. The van der Waals surface area contributed by atoms with Crippen molar-refractivity contribution in [2.75, 3.05) is 11.9 Å². The highest BCUT2D eigenvalue weighted by Crippen LogP contribution is 2.38. The molecular formula is C14H22N4O2. The highest BCUT2D eigenvalue weighted by atomic mass is 16.5. The summed E-state index contributed by atoms with van der Waals surface area (Å²) in [5, 5.41) is 3.19. The Labute approximate surface area is 118 Å². The van der Waals surface area contributed by atoms with E-state index in [9.17, 15) is 4.79 Å². The van der Waals surface area contributed by atoms with Crippen LogP contribution in [0.5, 0.6) is 0 Å². The van der Waals surface area contributed by atoms with E-state index in [1.807, 2.05) is 0 Å². The van der Waals surface area contributed by atoms with Crippen LogP contribution in [-0.4, -0.2) is 34.3 Å². The van der Waals surface area contributed by atoms with E-state index >= 15 is 0 Å². The summed E-state index contributed by atoms with van der Waals surface area (Å²) in [7, 11) is 0. The van der Waals surface area contributed by atoms with E-state index < -0.39 is 0 Å². The van der Waals surface area contributed by atoms with Crippen LogP contribution in [0.1, 0.15) is 20.3 Å². The van der Waals surface area contributed by atoms with Crippen molar-refractivity contribution >= 4 is 5.82 Å². The van der Waals surface area contributed by atoms with Crippen LogP contribution in [-0.2, 0) is 11.3 Å². The summed E-state index contributed by atoms with van der Waals surface area (Å²) >= 11 is 0. The molecule has 2 aliphatic rings. The minimum Gasteiger partial charge on any atom is -0.376 e. The second-order valence-corrected chi connectivity index (χ2v) is 6.16. The molecule has 1 saturated heterocycles. The fraction of sp³-hybridized carbons (Fsp3) is 0.714. The molecule has 6 heteroatoms. The van der Waals surface area contributed by atoms with Crippen molar-refractivity contribution in [2.24, 2.45) is 17.6 Å². The molecule has 6 nitrogen and oxygen atoms in total. The van der Waals surface area contributed by atoms with Crippen LogP contribution < -0.4 is 16.6 Å². The number of anilines is 1. The zero-order chi connectivity index (χ0) is 14.3. The summed E-state index contributed by atoms with van der Waals surface area (Å²) in [6, 6.07) is 0.0417. The van der Waals surface area contributed by atoms with Crippen LogP contribution in [0.2, 0.25) is 0 Å². The minimum absolute atomic E-state index is 0.00222. The average molecular weight is 278 g/mol. The highest BCUT2D eigenvalue weighted by molar-refractivity contribution is 5.36. The van der Waals surface area contributed by atoms with Gasteiger partial charge >= 0.3 is 0 Å². The molecule has 0 bridgehead atoms. The standard InChI is InChI=1S/C14H22N4O2/c1-8(2)7-18-5-4-16-13(14(18)19)17-11-10(15)9-3-6-20-12(9)11/h4-5,8-12H,3,6-7,15H2,1-2H3,(H,16,17). The van der Waals surface area contributed by atoms with Gasteiger partial charge in [0.05, 0.1) is 12.1 Å². The molecule has 2 fully saturated rings. The third kappa shape index (κ3) is 2.23. The quantitative estimate of drug-likeness (QED) is 0.834. The van der Waals surface area contributed by atoms with Gasteiger partial charge in [0.2, 0.25) is 0 Å². The lowest BCUT2D eigenvalue weighted by Crippen LogP contribution is -2.65. The predicted octanol–water partition coefficient (Wildman–Crippen LogP) is 0.426. The zero-order valence-corrected chi connectivity index (χ0v) is 12.0. The smallest absolute Gasteiger partial charge is 0.293 e. The number of hydrogen-bond acceptors (Lipinski definition) is 5. The van der Waals surface area contributed by atoms with E-state index in [4.69, 9.17) is 10.5 Å². The van der Waals surface area contributed by atoms with Gasteiger partial charge in [0.25, 0.3) is 5.56 Å². The molecule has 3 rings (SSSR count). The fourth-order valence-corrected chi connectivity index (χ4v) is 3.17. The van der Waals surface area contributed by atoms with E-state index in [1.54, 1.807) is 17.0 Å². The van der Waals surface area contributed by atoms with Crippen molar-refractivity contribution in [3.8, 4) is 0 Å². The van der Waals surface area contributed by atoms with Crippen molar-refractivity contribution in [3.05, 3.63) is 22.7 Å². The van der Waals surface area contributed by atoms with Crippen LogP contribution in [0.4, 0.5) is 5.82 Å². The van der Waals surface area contributed by atoms with Crippen LogP contribution in [0, 0.1) is 11.8 Å². The Morgan fingerprint density at radius 3 is 3.15 bits per heavy atom. The lowest BCUT2D eigenvalue weighted by molar-refractivity contribution is 0.00517. The van der Waals surface area contributed by atoms with Crippen LogP contribution >= 0.6 is 0 Å². The molecule has 0 spiro atoms. The molecule has 0 radical (unpaired) electrons. The molecule has 3 N–H and O–H groups in total. The van der Waals surface area contributed by atoms with Crippen molar-refractivity contribution in [2.45, 2.75) is 45.0 Å². The number of nitrogens with one attached hydrogen (secondary N) is 1. The van der Waals surface area contributed by atoms with Gasteiger partial charge in [0, 0.05) is 37.5 Å². The third-order valence-electron chi connectivity index (χ3n) is 4.23. The topological polar surface area (TPSA) is 82.2 Å². The molecule has 1 aromatic heterocycles. The van der Waals surface area contributed by atoms with E-state index in [-0.39, 0.29) is 23.7 Å². The summed E-state index contributed by atoms with van der Waals surface area (Å²) < 4.78 is 7.35. The van der Waals surface area contributed by atoms with Gasteiger partial charge in [0.15, 0.2) is 5.82 Å². The van der Waals surface area contributed by atoms with Gasteiger partial charge in [-0.1, -0.05) is 13.8 Å². The minimum atomic E-state index is -0.0881. The summed E-state index contributed by atoms with van der Waals surface area (Å²) in [6.07, 6.45) is 4.53. The normalized spacial score (nSPS) is 32.0. The first-order valence-electron chi connectivity index (χ1n) is 7.27. The molecule has 2 heterocycles. The third-order valence-corrected chi connectivity index (χ3v) is 4.23. The molecule has 1 aromatic rings. The molecule has 0 aromatic carbocycles. The molecular weight excluding hydrogens is 256 g/mol. The van der Waals surface area contributed by atoms with Gasteiger partial charge in [-0.15, -0.1) is 0 Å². The molecule has 1 aliphatic carbocycles. The average Bonchev–Trinajstić information content (AvgIpc) is 2.84. The van der Waals surface area contributed by atoms with Crippen LogP contribution in [0.25, 0.3) is 0 Å². The zero-order valence-electron chi connectivity index (χ0n) is 12.0. The maximum atomic E-state index is 12.3. The predicted molar refractivity (Wildman–Crippen MR) is 76.6 cm³/mol. The van der Waals surface area contributed by atoms with E-state index in [0.717, 1.165) is 13.0 Å². The number of nitrogens with two attached hydrogens (primary N) is 1. The Hall–Kier alpha value is -1.40. The number of fused-ring (bicyclic) bond motifs is 1. The molecule has 20 heavy (non-hydrogen) atoms. The van der Waals surface area contributed by atoms with Crippen molar-refractivity contribution in [3.63, 3.8) is 0 Å². The van der Waals surface area contributed by atoms with Crippen LogP contribution in [0.3, 0.4) is 0 Å². The van der Waals surface area contributed by atoms with E-state index in [0.29, 0.717) is 24.2 Å².